The third kappa shape index (κ3) is 3.31. The molecule has 0 amide bonds. The molecule has 3 heterocycles. The normalized spacial score (nSPS) is 29.2. The van der Waals surface area contributed by atoms with Gasteiger partial charge < -0.3 is 19.7 Å². The summed E-state index contributed by atoms with van der Waals surface area (Å²) in [6.45, 7) is 4.98. The molecule has 2 aromatic carbocycles. The van der Waals surface area contributed by atoms with Gasteiger partial charge in [-0.25, -0.2) is 0 Å². The Morgan fingerprint density at radius 2 is 1.76 bits per heavy atom. The maximum absolute atomic E-state index is 11.5. The van der Waals surface area contributed by atoms with Crippen molar-refractivity contribution in [2.24, 2.45) is 0 Å². The van der Waals surface area contributed by atoms with Gasteiger partial charge in [-0.05, 0) is 68.4 Å². The van der Waals surface area contributed by atoms with Gasteiger partial charge in [-0.1, -0.05) is 29.8 Å². The van der Waals surface area contributed by atoms with E-state index in [0.717, 1.165) is 41.0 Å². The molecule has 0 saturated carbocycles. The Morgan fingerprint density at radius 3 is 2.52 bits per heavy atom. The van der Waals surface area contributed by atoms with Gasteiger partial charge in [0.05, 0.1) is 11.7 Å². The van der Waals surface area contributed by atoms with Crippen LogP contribution in [0.15, 0.2) is 36.4 Å². The second-order valence-electron chi connectivity index (χ2n) is 8.97. The molecule has 3 aliphatic heterocycles. The van der Waals surface area contributed by atoms with Crippen LogP contribution in [0.1, 0.15) is 54.0 Å². The molecule has 2 bridgehead atoms. The largest absolute Gasteiger partial charge is 0.454 e. The van der Waals surface area contributed by atoms with Crippen LogP contribution < -0.4 is 9.47 Å². The zero-order chi connectivity index (χ0) is 20.2. The molecule has 0 spiro atoms. The Bertz CT molecular complexity index is 913. The smallest absolute Gasteiger partial charge is 0.231 e. The first-order valence-electron chi connectivity index (χ1n) is 10.6. The fraction of sp³-hybridized carbons (Fsp3) is 0.500. The molecule has 5 rings (SSSR count). The van der Waals surface area contributed by atoms with Gasteiger partial charge in [-0.3, -0.25) is 4.90 Å². The molecule has 2 aromatic rings. The minimum atomic E-state index is -0.854. The molecule has 3 atom stereocenters. The van der Waals surface area contributed by atoms with Crippen LogP contribution in [0.2, 0.25) is 0 Å². The van der Waals surface area contributed by atoms with Crippen LogP contribution in [-0.2, 0) is 5.60 Å². The van der Waals surface area contributed by atoms with Crippen molar-refractivity contribution in [2.75, 3.05) is 13.3 Å². The summed E-state index contributed by atoms with van der Waals surface area (Å²) in [6, 6.07) is 12.6. The van der Waals surface area contributed by atoms with Gasteiger partial charge in [0.1, 0.15) is 0 Å². The lowest BCUT2D eigenvalue weighted by atomic mass is 9.80. The average Bonchev–Trinajstić information content (AvgIpc) is 3.26. The molecule has 5 heteroatoms. The molecule has 2 saturated heterocycles. The maximum atomic E-state index is 11.5. The van der Waals surface area contributed by atoms with Crippen molar-refractivity contribution in [3.8, 4) is 11.5 Å². The van der Waals surface area contributed by atoms with Crippen LogP contribution in [0.4, 0.5) is 0 Å². The third-order valence-corrected chi connectivity index (χ3v) is 7.01. The Kier molecular flexibility index (Phi) is 4.57. The average molecular weight is 395 g/mol. The van der Waals surface area contributed by atoms with Gasteiger partial charge in [0.25, 0.3) is 0 Å². The lowest BCUT2D eigenvalue weighted by molar-refractivity contribution is -0.0667. The fourth-order valence-electron chi connectivity index (χ4n) is 5.45. The Hall–Kier alpha value is -2.08. The van der Waals surface area contributed by atoms with Gasteiger partial charge in [0.15, 0.2) is 11.5 Å². The molecule has 154 valence electrons. The van der Waals surface area contributed by atoms with E-state index in [9.17, 15) is 10.2 Å². The summed E-state index contributed by atoms with van der Waals surface area (Å²) in [6.07, 6.45) is 2.99. The van der Waals surface area contributed by atoms with Crippen molar-refractivity contribution in [3.05, 3.63) is 58.7 Å². The number of aryl methyl sites for hydroxylation is 2. The summed E-state index contributed by atoms with van der Waals surface area (Å²) in [5.41, 5.74) is 3.37. The maximum Gasteiger partial charge on any atom is 0.231 e. The number of ether oxygens (including phenoxy) is 2. The van der Waals surface area contributed by atoms with E-state index in [4.69, 9.17) is 9.47 Å². The predicted octanol–water partition coefficient (Wildman–Crippen LogP) is 3.58. The first-order chi connectivity index (χ1) is 13.9. The molecular weight excluding hydrogens is 366 g/mol. The molecular formula is C24H29NO4. The van der Waals surface area contributed by atoms with E-state index in [0.29, 0.717) is 19.4 Å². The Labute approximate surface area is 171 Å². The molecule has 0 aliphatic carbocycles. The molecule has 29 heavy (non-hydrogen) atoms. The predicted molar refractivity (Wildman–Crippen MR) is 110 cm³/mol. The fourth-order valence-corrected chi connectivity index (χ4v) is 5.45. The second kappa shape index (κ2) is 7.01. The SMILES string of the molecule is Cc1ccc(C)c([C@@H](O)CN2[C@H]3CC[C@H]2CC(O)(c2ccc4c(c2)OCO4)C3)c1. The highest BCUT2D eigenvalue weighted by Gasteiger charge is 2.48. The zero-order valence-electron chi connectivity index (χ0n) is 17.1. The molecule has 5 nitrogen and oxygen atoms in total. The van der Waals surface area contributed by atoms with Crippen LogP contribution in [0.25, 0.3) is 0 Å². The molecule has 0 aromatic heterocycles. The highest BCUT2D eigenvalue weighted by atomic mass is 16.7. The summed E-state index contributed by atoms with van der Waals surface area (Å²) in [7, 11) is 0. The lowest BCUT2D eigenvalue weighted by Gasteiger charge is -2.44. The molecule has 0 unspecified atom stereocenters. The number of rotatable bonds is 4. The first kappa shape index (κ1) is 18.9. The Morgan fingerprint density at radius 1 is 1.03 bits per heavy atom. The second-order valence-corrected chi connectivity index (χ2v) is 8.97. The minimum absolute atomic E-state index is 0.243. The number of aliphatic hydroxyl groups excluding tert-OH is 1. The summed E-state index contributed by atoms with van der Waals surface area (Å²) in [5, 5.41) is 22.5. The van der Waals surface area contributed by atoms with Crippen molar-refractivity contribution in [3.63, 3.8) is 0 Å². The van der Waals surface area contributed by atoms with Gasteiger partial charge in [-0.2, -0.15) is 0 Å². The monoisotopic (exact) mass is 395 g/mol. The van der Waals surface area contributed by atoms with E-state index >= 15 is 0 Å². The summed E-state index contributed by atoms with van der Waals surface area (Å²) < 4.78 is 10.9. The molecule has 2 fully saturated rings. The van der Waals surface area contributed by atoms with Gasteiger partial charge in [0.2, 0.25) is 6.79 Å². The van der Waals surface area contributed by atoms with Gasteiger partial charge >= 0.3 is 0 Å². The van der Waals surface area contributed by atoms with E-state index in [1.807, 2.05) is 18.2 Å². The highest BCUT2D eigenvalue weighted by Crippen LogP contribution is 2.48. The van der Waals surface area contributed by atoms with Gasteiger partial charge in [0, 0.05) is 18.6 Å². The number of benzene rings is 2. The zero-order valence-corrected chi connectivity index (χ0v) is 17.1. The quantitative estimate of drug-likeness (QED) is 0.829. The minimum Gasteiger partial charge on any atom is -0.454 e. The summed E-state index contributed by atoms with van der Waals surface area (Å²) in [5.74, 6) is 1.46. The van der Waals surface area contributed by atoms with Crippen LogP contribution in [-0.4, -0.2) is 40.5 Å². The van der Waals surface area contributed by atoms with E-state index in [-0.39, 0.29) is 18.9 Å². The van der Waals surface area contributed by atoms with E-state index in [1.54, 1.807) is 0 Å². The molecule has 3 aliphatic rings. The van der Waals surface area contributed by atoms with Crippen molar-refractivity contribution in [1.82, 2.24) is 4.90 Å². The van der Waals surface area contributed by atoms with Crippen LogP contribution in [0.3, 0.4) is 0 Å². The molecule has 0 radical (unpaired) electrons. The lowest BCUT2D eigenvalue weighted by Crippen LogP contribution is -2.50. The summed E-state index contributed by atoms with van der Waals surface area (Å²) >= 11 is 0. The van der Waals surface area contributed by atoms with E-state index < -0.39 is 11.7 Å². The van der Waals surface area contributed by atoms with Crippen molar-refractivity contribution in [2.45, 2.75) is 63.3 Å². The topological polar surface area (TPSA) is 62.2 Å². The summed E-state index contributed by atoms with van der Waals surface area (Å²) in [4.78, 5) is 2.42. The third-order valence-electron chi connectivity index (χ3n) is 7.01. The van der Waals surface area contributed by atoms with Crippen LogP contribution in [0, 0.1) is 13.8 Å². The van der Waals surface area contributed by atoms with E-state index in [1.165, 1.54) is 5.56 Å². The molecule has 2 N–H and O–H groups in total. The van der Waals surface area contributed by atoms with Crippen LogP contribution >= 0.6 is 0 Å². The number of aliphatic hydroxyl groups is 2. The number of hydrogen-bond acceptors (Lipinski definition) is 5. The van der Waals surface area contributed by atoms with Gasteiger partial charge in [-0.15, -0.1) is 0 Å². The highest BCUT2D eigenvalue weighted by molar-refractivity contribution is 5.46. The van der Waals surface area contributed by atoms with Crippen molar-refractivity contribution >= 4 is 0 Å². The number of piperidine rings is 1. The number of fused-ring (bicyclic) bond motifs is 3. The van der Waals surface area contributed by atoms with Crippen LogP contribution in [0.5, 0.6) is 11.5 Å². The Balaban J connectivity index is 1.34. The number of hydrogen-bond donors (Lipinski definition) is 2. The first-order valence-corrected chi connectivity index (χ1v) is 10.6. The number of nitrogens with zero attached hydrogens (tertiary/aromatic N) is 1. The van der Waals surface area contributed by atoms with Crippen molar-refractivity contribution in [1.29, 1.82) is 0 Å². The standard InChI is InChI=1S/C24H29NO4/c1-15-3-4-16(2)20(9-15)21(26)13-25-18-6-7-19(25)12-24(27,11-18)17-5-8-22-23(10-17)29-14-28-22/h3-5,8-10,18-19,21,26-27H,6-7,11-14H2,1-2H3/t18-,19-,21-/m0/s1. The van der Waals surface area contributed by atoms with E-state index in [2.05, 4.69) is 36.9 Å². The van der Waals surface area contributed by atoms with Crippen molar-refractivity contribution < 1.29 is 19.7 Å².